The van der Waals surface area contributed by atoms with Crippen LogP contribution in [0.2, 0.25) is 0 Å². The van der Waals surface area contributed by atoms with E-state index in [4.69, 9.17) is 4.42 Å². The van der Waals surface area contributed by atoms with E-state index in [9.17, 15) is 14.7 Å². The molecule has 41 heavy (non-hydrogen) atoms. The van der Waals surface area contributed by atoms with Crippen LogP contribution in [-0.2, 0) is 9.59 Å². The Morgan fingerprint density at radius 2 is 1.61 bits per heavy atom. The number of carboxylic acids is 1. The Morgan fingerprint density at radius 1 is 0.927 bits per heavy atom. The molecule has 0 aliphatic carbocycles. The van der Waals surface area contributed by atoms with Gasteiger partial charge in [-0.3, -0.25) is 4.79 Å². The Hall–Kier alpha value is -5.28. The molecule has 0 fully saturated rings. The summed E-state index contributed by atoms with van der Waals surface area (Å²) in [6, 6.07) is 24.8. The molecule has 0 spiro atoms. The number of aliphatic carboxylic acids is 1. The summed E-state index contributed by atoms with van der Waals surface area (Å²) in [5.74, 6) is -0.371. The molecular weight excluding hydrogens is 518 g/mol. The maximum Gasteiger partial charge on any atom is 0.330 e. The van der Waals surface area contributed by atoms with Gasteiger partial charge in [0, 0.05) is 29.4 Å². The second-order valence-corrected chi connectivity index (χ2v) is 9.63. The van der Waals surface area contributed by atoms with E-state index in [-0.39, 0.29) is 5.91 Å². The number of benzene rings is 3. The number of likely N-dealkylation sites (N-methyl/N-ethyl adjacent to an activating group) is 1. The quantitative estimate of drug-likeness (QED) is 0.186. The summed E-state index contributed by atoms with van der Waals surface area (Å²) in [7, 11) is 3.86. The summed E-state index contributed by atoms with van der Waals surface area (Å²) >= 11 is 0. The minimum atomic E-state index is -1.05. The average Bonchev–Trinajstić information content (AvgIpc) is 3.37. The van der Waals surface area contributed by atoms with Crippen molar-refractivity contribution in [1.82, 2.24) is 14.9 Å². The van der Waals surface area contributed by atoms with E-state index in [0.717, 1.165) is 11.1 Å². The van der Waals surface area contributed by atoms with Gasteiger partial charge in [0.05, 0.1) is 5.39 Å². The summed E-state index contributed by atoms with van der Waals surface area (Å²) in [4.78, 5) is 35.4. The van der Waals surface area contributed by atoms with Crippen LogP contribution in [0.3, 0.4) is 0 Å². The Balaban J connectivity index is 1.57. The Kier molecular flexibility index (Phi) is 8.17. The van der Waals surface area contributed by atoms with Gasteiger partial charge in [-0.25, -0.2) is 14.8 Å². The molecule has 5 rings (SSSR count). The van der Waals surface area contributed by atoms with Crippen molar-refractivity contribution >= 4 is 34.5 Å². The number of nitrogens with one attached hydrogen (secondary N) is 2. The Labute approximate surface area is 237 Å². The van der Waals surface area contributed by atoms with Crippen LogP contribution in [0.4, 0.5) is 11.5 Å². The highest BCUT2D eigenvalue weighted by atomic mass is 16.4. The smallest absolute Gasteiger partial charge is 0.330 e. The lowest BCUT2D eigenvalue weighted by molar-refractivity contribution is -0.138. The first kappa shape index (κ1) is 27.3. The number of carbonyl (C=O) groups excluding carboxylic acids is 1. The van der Waals surface area contributed by atoms with E-state index in [1.54, 1.807) is 30.3 Å². The predicted octanol–water partition coefficient (Wildman–Crippen LogP) is 5.85. The number of amides is 1. The molecule has 206 valence electrons. The molecule has 3 aromatic carbocycles. The average molecular weight is 548 g/mol. The van der Waals surface area contributed by atoms with Crippen molar-refractivity contribution in [2.24, 2.45) is 0 Å². The molecule has 5 aromatic rings. The molecule has 0 aliphatic heterocycles. The van der Waals surface area contributed by atoms with E-state index in [2.05, 4.69) is 20.6 Å². The molecule has 2 heterocycles. The lowest BCUT2D eigenvalue weighted by Crippen LogP contribution is -2.21. The van der Waals surface area contributed by atoms with Gasteiger partial charge in [-0.15, -0.1) is 0 Å². The van der Waals surface area contributed by atoms with Gasteiger partial charge in [-0.05, 0) is 37.4 Å². The Bertz CT molecular complexity index is 1680. The first-order valence-corrected chi connectivity index (χ1v) is 13.0. The molecule has 0 saturated heterocycles. The van der Waals surface area contributed by atoms with E-state index in [0.29, 0.717) is 46.0 Å². The minimum absolute atomic E-state index is 0.223. The third kappa shape index (κ3) is 6.32. The lowest BCUT2D eigenvalue weighted by Gasteiger charge is -2.16. The summed E-state index contributed by atoms with van der Waals surface area (Å²) in [5, 5.41) is 16.6. The number of carboxylic acid groups (broad SMARTS) is 1. The highest BCUT2D eigenvalue weighted by Crippen LogP contribution is 2.43. The second kappa shape index (κ2) is 12.3. The van der Waals surface area contributed by atoms with Crippen LogP contribution in [-0.4, -0.2) is 52.5 Å². The van der Waals surface area contributed by atoms with Gasteiger partial charge >= 0.3 is 5.97 Å². The first-order valence-electron chi connectivity index (χ1n) is 13.0. The summed E-state index contributed by atoms with van der Waals surface area (Å²) in [6.45, 7) is 0.660. The van der Waals surface area contributed by atoms with E-state index in [1.165, 1.54) is 12.4 Å². The second-order valence-electron chi connectivity index (χ2n) is 9.63. The van der Waals surface area contributed by atoms with Crippen LogP contribution in [0.15, 0.2) is 108 Å². The number of anilines is 2. The number of carbonyl (C=O) groups is 2. The molecule has 2 aromatic heterocycles. The largest absolute Gasteiger partial charge is 0.479 e. The van der Waals surface area contributed by atoms with Crippen molar-refractivity contribution in [1.29, 1.82) is 0 Å². The zero-order chi connectivity index (χ0) is 28.8. The molecular formula is C32H29N5O4. The number of fused-ring (bicyclic) bond motifs is 1. The molecule has 0 unspecified atom stereocenters. The number of aromatic nitrogens is 2. The summed E-state index contributed by atoms with van der Waals surface area (Å²) in [5.41, 5.74) is 3.85. The number of rotatable bonds is 10. The number of furan rings is 1. The van der Waals surface area contributed by atoms with Crippen LogP contribution >= 0.6 is 0 Å². The lowest BCUT2D eigenvalue weighted by atomic mass is 9.98. The van der Waals surface area contributed by atoms with Crippen molar-refractivity contribution in [3.05, 3.63) is 109 Å². The van der Waals surface area contributed by atoms with Gasteiger partial charge in [0.2, 0.25) is 11.6 Å². The minimum Gasteiger partial charge on any atom is -0.479 e. The van der Waals surface area contributed by atoms with Crippen molar-refractivity contribution in [2.75, 3.05) is 31.3 Å². The van der Waals surface area contributed by atoms with Crippen molar-refractivity contribution in [3.63, 3.8) is 0 Å². The van der Waals surface area contributed by atoms with E-state index >= 15 is 0 Å². The molecule has 0 aliphatic rings. The normalized spacial score (nSPS) is 12.1. The monoisotopic (exact) mass is 547 g/mol. The molecule has 0 saturated carbocycles. The van der Waals surface area contributed by atoms with Crippen LogP contribution in [0.25, 0.3) is 33.6 Å². The SMILES string of the molecule is CN(C)CC=CC(=O)Nc1ccc(-c2c(-c3ccccc3)oc3ncnc(N[C@H](C(=O)O)c4ccccc4)c23)cc1. The zero-order valence-electron chi connectivity index (χ0n) is 22.6. The Morgan fingerprint density at radius 3 is 2.27 bits per heavy atom. The molecule has 9 heteroatoms. The highest BCUT2D eigenvalue weighted by molar-refractivity contribution is 6.06. The van der Waals surface area contributed by atoms with Gasteiger partial charge in [0.1, 0.15) is 17.9 Å². The molecule has 0 radical (unpaired) electrons. The van der Waals surface area contributed by atoms with Gasteiger partial charge in [0.15, 0.2) is 6.04 Å². The van der Waals surface area contributed by atoms with Gasteiger partial charge in [0.25, 0.3) is 0 Å². The molecule has 0 bridgehead atoms. The zero-order valence-corrected chi connectivity index (χ0v) is 22.6. The standard InChI is InChI=1S/C32H29N5O4/c1-37(2)19-9-14-25(38)35-24-17-15-21(16-18-24)26-27-30(36-28(32(39)40)22-10-5-3-6-11-22)33-20-34-31(27)41-29(26)23-12-7-4-8-13-23/h3-18,20,28H,19H2,1-2H3,(H,35,38)(H,39,40)(H,33,34,36)/t28-/m0/s1. The topological polar surface area (TPSA) is 121 Å². The fourth-order valence-electron chi connectivity index (χ4n) is 4.46. The van der Waals surface area contributed by atoms with Crippen molar-refractivity contribution in [2.45, 2.75) is 6.04 Å². The highest BCUT2D eigenvalue weighted by Gasteiger charge is 2.26. The maximum absolute atomic E-state index is 12.3. The third-order valence-corrected chi connectivity index (χ3v) is 6.37. The third-order valence-electron chi connectivity index (χ3n) is 6.37. The molecule has 1 amide bonds. The molecule has 3 N–H and O–H groups in total. The fourth-order valence-corrected chi connectivity index (χ4v) is 4.46. The number of hydrogen-bond acceptors (Lipinski definition) is 7. The molecule has 1 atom stereocenters. The fraction of sp³-hybridized carbons (Fsp3) is 0.125. The van der Waals surface area contributed by atoms with Crippen LogP contribution in [0, 0.1) is 0 Å². The predicted molar refractivity (Wildman–Crippen MR) is 159 cm³/mol. The van der Waals surface area contributed by atoms with Crippen LogP contribution in [0.5, 0.6) is 0 Å². The van der Waals surface area contributed by atoms with Crippen molar-refractivity contribution < 1.29 is 19.1 Å². The van der Waals surface area contributed by atoms with Crippen molar-refractivity contribution in [3.8, 4) is 22.5 Å². The van der Waals surface area contributed by atoms with Crippen LogP contribution < -0.4 is 10.6 Å². The van der Waals surface area contributed by atoms with Gasteiger partial charge < -0.3 is 25.1 Å². The van der Waals surface area contributed by atoms with Crippen LogP contribution in [0.1, 0.15) is 11.6 Å². The number of hydrogen-bond donors (Lipinski definition) is 3. The summed E-state index contributed by atoms with van der Waals surface area (Å²) < 4.78 is 6.27. The number of nitrogens with zero attached hydrogens (tertiary/aromatic N) is 3. The van der Waals surface area contributed by atoms with E-state index < -0.39 is 12.0 Å². The summed E-state index contributed by atoms with van der Waals surface area (Å²) in [6.07, 6.45) is 4.65. The maximum atomic E-state index is 12.3. The molecule has 9 nitrogen and oxygen atoms in total. The van der Waals surface area contributed by atoms with E-state index in [1.807, 2.05) is 79.7 Å². The van der Waals surface area contributed by atoms with Gasteiger partial charge in [-0.2, -0.15) is 0 Å². The first-order chi connectivity index (χ1) is 19.9. The van der Waals surface area contributed by atoms with Gasteiger partial charge in [-0.1, -0.05) is 78.9 Å².